The number of hydrogen-bond donors (Lipinski definition) is 5. The van der Waals surface area contributed by atoms with Gasteiger partial charge in [-0.1, -0.05) is 36.2 Å². The van der Waals surface area contributed by atoms with Gasteiger partial charge in [-0.3, -0.25) is 0 Å². The zero-order valence-electron chi connectivity index (χ0n) is 21.9. The maximum Gasteiger partial charge on any atom is 0.328 e. The lowest BCUT2D eigenvalue weighted by Gasteiger charge is -2.50. The summed E-state index contributed by atoms with van der Waals surface area (Å²) in [6.07, 6.45) is 5.63. The van der Waals surface area contributed by atoms with Crippen molar-refractivity contribution in [1.82, 2.24) is 15.4 Å². The van der Waals surface area contributed by atoms with Gasteiger partial charge >= 0.3 is 11.9 Å². The number of fused-ring (bicyclic) bond motifs is 1. The Morgan fingerprint density at radius 2 is 1.75 bits per heavy atom. The first kappa shape index (κ1) is 30.0. The summed E-state index contributed by atoms with van der Waals surface area (Å²) in [6.45, 7) is 2.57. The molecule has 0 bridgehead atoms. The minimum atomic E-state index is -3.26. The summed E-state index contributed by atoms with van der Waals surface area (Å²) in [5.74, 6) is -1.73. The van der Waals surface area contributed by atoms with Gasteiger partial charge in [-0.25, -0.2) is 22.7 Å². The number of carboxylic acids is 2. The van der Waals surface area contributed by atoms with Gasteiger partial charge in [0.1, 0.15) is 17.6 Å². The van der Waals surface area contributed by atoms with E-state index in [-0.39, 0.29) is 23.3 Å². The predicted molar refractivity (Wildman–Crippen MR) is 151 cm³/mol. The molecular weight excluding hydrogens is 558 g/mol. The van der Waals surface area contributed by atoms with Crippen LogP contribution in [-0.2, 0) is 31.4 Å². The quantitative estimate of drug-likeness (QED) is 0.207. The smallest absolute Gasteiger partial charge is 0.328 e. The van der Waals surface area contributed by atoms with E-state index < -0.39 is 22.0 Å². The Hall–Kier alpha value is -2.96. The van der Waals surface area contributed by atoms with E-state index in [2.05, 4.69) is 39.6 Å². The molecule has 3 aliphatic rings. The van der Waals surface area contributed by atoms with Crippen molar-refractivity contribution in [3.8, 4) is 5.75 Å². The first-order chi connectivity index (χ1) is 19.1. The van der Waals surface area contributed by atoms with Crippen molar-refractivity contribution in [1.29, 1.82) is 0 Å². The summed E-state index contributed by atoms with van der Waals surface area (Å²) in [4.78, 5) is 19.1. The first-order valence-electron chi connectivity index (χ1n) is 13.2. The van der Waals surface area contributed by atoms with Gasteiger partial charge in [-0.05, 0) is 66.8 Å². The number of carbonyl (C=O) groups is 2. The topological polar surface area (TPSA) is 154 Å². The van der Waals surface area contributed by atoms with Crippen LogP contribution >= 0.6 is 11.6 Å². The highest BCUT2D eigenvalue weighted by molar-refractivity contribution is 7.90. The molecule has 0 aromatic heterocycles. The second kappa shape index (κ2) is 13.1. The van der Waals surface area contributed by atoms with E-state index in [9.17, 15) is 18.0 Å². The molecular formula is C28H34ClN3O7S. The molecule has 0 amide bonds. The summed E-state index contributed by atoms with van der Waals surface area (Å²) in [5, 5.41) is 22.8. The Balaban J connectivity index is 0.000000406. The van der Waals surface area contributed by atoms with Crippen molar-refractivity contribution in [2.24, 2.45) is 0 Å². The number of rotatable bonds is 10. The van der Waals surface area contributed by atoms with E-state index in [1.54, 1.807) is 0 Å². The SMILES string of the molecule is O=C(O)C=CC(=O)O.O=S(=O)(NCCOc1ccc2c(c1)C(C1(c3ccc(Cl)cc3)CCC1)NCC2)C1CNC1. The normalized spacial score (nSPS) is 19.9. The molecule has 1 saturated heterocycles. The lowest BCUT2D eigenvalue weighted by Crippen LogP contribution is -2.55. The van der Waals surface area contributed by atoms with Crippen LogP contribution in [0.25, 0.3) is 0 Å². The van der Waals surface area contributed by atoms with Crippen LogP contribution in [-0.4, -0.2) is 68.6 Å². The molecule has 1 aliphatic carbocycles. The minimum Gasteiger partial charge on any atom is -0.492 e. The number of sulfonamides is 1. The summed E-state index contributed by atoms with van der Waals surface area (Å²) >= 11 is 6.15. The Morgan fingerprint density at radius 1 is 1.07 bits per heavy atom. The zero-order valence-corrected chi connectivity index (χ0v) is 23.5. The van der Waals surface area contributed by atoms with Crippen LogP contribution in [0.15, 0.2) is 54.6 Å². The minimum absolute atomic E-state index is 0.0742. The van der Waals surface area contributed by atoms with Gasteiger partial charge in [0, 0.05) is 48.3 Å². The summed E-state index contributed by atoms with van der Waals surface area (Å²) in [6, 6.07) is 14.9. The third kappa shape index (κ3) is 7.21. The molecule has 2 aromatic rings. The summed E-state index contributed by atoms with van der Waals surface area (Å²) in [7, 11) is -3.26. The number of nitrogens with one attached hydrogen (secondary N) is 3. The molecule has 5 N–H and O–H groups in total. The maximum atomic E-state index is 12.1. The van der Waals surface area contributed by atoms with Crippen molar-refractivity contribution in [2.45, 2.75) is 42.4 Å². The summed E-state index contributed by atoms with van der Waals surface area (Å²) in [5.41, 5.74) is 4.07. The molecule has 2 fully saturated rings. The molecule has 2 heterocycles. The van der Waals surface area contributed by atoms with Crippen molar-refractivity contribution >= 4 is 33.6 Å². The third-order valence-electron chi connectivity index (χ3n) is 7.61. The standard InChI is InChI=1S/C24H30ClN3O3S.C4H4O4/c25-19-5-3-18(4-6-19)24(9-1-10-24)23-22-14-20(7-2-17(22)8-11-27-23)31-13-12-28-32(29,30)21-15-26-16-21;5-3(6)1-2-4(7)8/h2-7,14,21,23,26-28H,1,8-13,15-16H2;1-2H,(H,5,6)(H,7,8). The Kier molecular flexibility index (Phi) is 9.85. The van der Waals surface area contributed by atoms with Crippen LogP contribution in [0.3, 0.4) is 0 Å². The monoisotopic (exact) mass is 591 g/mol. The van der Waals surface area contributed by atoms with Crippen molar-refractivity contribution < 1.29 is 33.0 Å². The fourth-order valence-corrected chi connectivity index (χ4v) is 6.70. The fraction of sp³-hybridized carbons (Fsp3) is 0.429. The molecule has 2 aromatic carbocycles. The van der Waals surface area contributed by atoms with Crippen LogP contribution in [0.1, 0.15) is 42.0 Å². The van der Waals surface area contributed by atoms with Gasteiger partial charge < -0.3 is 25.6 Å². The second-order valence-corrected chi connectivity index (χ2v) is 12.6. The molecule has 2 aliphatic heterocycles. The molecule has 0 spiro atoms. The number of hydrogen-bond acceptors (Lipinski definition) is 7. The van der Waals surface area contributed by atoms with Crippen molar-refractivity contribution in [3.63, 3.8) is 0 Å². The van der Waals surface area contributed by atoms with Crippen LogP contribution in [0.5, 0.6) is 5.75 Å². The average molecular weight is 592 g/mol. The van der Waals surface area contributed by atoms with E-state index in [4.69, 9.17) is 26.6 Å². The van der Waals surface area contributed by atoms with Crippen LogP contribution < -0.4 is 20.1 Å². The molecule has 40 heavy (non-hydrogen) atoms. The maximum absolute atomic E-state index is 12.1. The second-order valence-electron chi connectivity index (χ2n) is 10.1. The molecule has 0 radical (unpaired) electrons. The van der Waals surface area contributed by atoms with E-state index in [0.717, 1.165) is 36.6 Å². The van der Waals surface area contributed by atoms with Crippen LogP contribution in [0, 0.1) is 0 Å². The number of halogens is 1. The predicted octanol–water partition coefficient (Wildman–Crippen LogP) is 2.63. The Bertz CT molecular complexity index is 1320. The molecule has 1 saturated carbocycles. The van der Waals surface area contributed by atoms with Gasteiger partial charge in [0.15, 0.2) is 0 Å². The Labute approximate surface area is 238 Å². The molecule has 1 unspecified atom stereocenters. The molecule has 12 heteroatoms. The first-order valence-corrected chi connectivity index (χ1v) is 15.1. The molecule has 1 atom stereocenters. The van der Waals surface area contributed by atoms with Gasteiger partial charge in [0.25, 0.3) is 0 Å². The zero-order chi connectivity index (χ0) is 28.8. The van der Waals surface area contributed by atoms with Crippen molar-refractivity contribution in [3.05, 3.63) is 76.3 Å². The van der Waals surface area contributed by atoms with E-state index in [1.807, 2.05) is 18.2 Å². The van der Waals surface area contributed by atoms with Gasteiger partial charge in [0.2, 0.25) is 10.0 Å². The lowest BCUT2D eigenvalue weighted by molar-refractivity contribution is -0.134. The van der Waals surface area contributed by atoms with E-state index in [0.29, 0.717) is 31.8 Å². The lowest BCUT2D eigenvalue weighted by atomic mass is 9.58. The highest BCUT2D eigenvalue weighted by Crippen LogP contribution is 2.53. The average Bonchev–Trinajstić information content (AvgIpc) is 2.85. The Morgan fingerprint density at radius 3 is 2.30 bits per heavy atom. The van der Waals surface area contributed by atoms with E-state index >= 15 is 0 Å². The highest BCUT2D eigenvalue weighted by Gasteiger charge is 2.47. The van der Waals surface area contributed by atoms with Gasteiger partial charge in [-0.15, -0.1) is 0 Å². The van der Waals surface area contributed by atoms with Crippen LogP contribution in [0.2, 0.25) is 5.02 Å². The van der Waals surface area contributed by atoms with Gasteiger partial charge in [0.05, 0.1) is 0 Å². The largest absolute Gasteiger partial charge is 0.492 e. The molecule has 216 valence electrons. The molecule has 5 rings (SSSR count). The molecule has 10 nitrogen and oxygen atoms in total. The van der Waals surface area contributed by atoms with Gasteiger partial charge in [-0.2, -0.15) is 0 Å². The highest BCUT2D eigenvalue weighted by atomic mass is 35.5. The number of aliphatic carboxylic acids is 2. The summed E-state index contributed by atoms with van der Waals surface area (Å²) < 4.78 is 32.9. The van der Waals surface area contributed by atoms with Crippen molar-refractivity contribution in [2.75, 3.05) is 32.8 Å². The number of carboxylic acid groups (broad SMARTS) is 2. The number of benzene rings is 2. The third-order valence-corrected chi connectivity index (χ3v) is 9.68. The number of ether oxygens (including phenoxy) is 1. The fourth-order valence-electron chi connectivity index (χ4n) is 5.29. The van der Waals surface area contributed by atoms with E-state index in [1.165, 1.54) is 23.1 Å². The van der Waals surface area contributed by atoms with Crippen LogP contribution in [0.4, 0.5) is 0 Å².